The van der Waals surface area contributed by atoms with E-state index in [1.807, 2.05) is 23.6 Å². The van der Waals surface area contributed by atoms with Crippen molar-refractivity contribution in [2.24, 2.45) is 5.92 Å². The van der Waals surface area contributed by atoms with E-state index in [1.165, 1.54) is 19.3 Å². The Labute approximate surface area is 150 Å². The van der Waals surface area contributed by atoms with E-state index in [9.17, 15) is 4.79 Å². The minimum absolute atomic E-state index is 0.0621. The third-order valence-corrected chi connectivity index (χ3v) is 5.09. The van der Waals surface area contributed by atoms with Crippen LogP contribution in [0.3, 0.4) is 0 Å². The van der Waals surface area contributed by atoms with Crippen molar-refractivity contribution in [3.63, 3.8) is 0 Å². The van der Waals surface area contributed by atoms with Gasteiger partial charge in [0.2, 0.25) is 5.95 Å². The molecule has 1 aromatic rings. The second-order valence-corrected chi connectivity index (χ2v) is 6.82. The summed E-state index contributed by atoms with van der Waals surface area (Å²) in [5.41, 5.74) is 0.336. The number of rotatable bonds is 6. The van der Waals surface area contributed by atoms with Gasteiger partial charge in [-0.1, -0.05) is 31.4 Å². The molecule has 134 valence electrons. The predicted octanol–water partition coefficient (Wildman–Crippen LogP) is 4.02. The van der Waals surface area contributed by atoms with Crippen molar-refractivity contribution in [3.8, 4) is 0 Å². The van der Waals surface area contributed by atoms with Crippen molar-refractivity contribution >= 4 is 23.5 Å². The first-order chi connectivity index (χ1) is 11.6. The maximum atomic E-state index is 12.9. The Morgan fingerprint density at radius 2 is 2.04 bits per heavy atom. The molecule has 24 heavy (non-hydrogen) atoms. The number of carbonyl (C=O) groups excluding carboxylic acids is 1. The van der Waals surface area contributed by atoms with Crippen LogP contribution < -0.4 is 4.90 Å². The van der Waals surface area contributed by atoms with E-state index in [2.05, 4.69) is 16.9 Å². The lowest BCUT2D eigenvalue weighted by Gasteiger charge is -2.22. The molecule has 1 amide bonds. The van der Waals surface area contributed by atoms with Crippen LogP contribution >= 0.6 is 11.6 Å². The summed E-state index contributed by atoms with van der Waals surface area (Å²) < 4.78 is 0. The van der Waals surface area contributed by atoms with Crippen molar-refractivity contribution in [3.05, 3.63) is 16.9 Å². The summed E-state index contributed by atoms with van der Waals surface area (Å²) in [5, 5.41) is 0.338. The van der Waals surface area contributed by atoms with Gasteiger partial charge in [-0.3, -0.25) is 4.79 Å². The summed E-state index contributed by atoms with van der Waals surface area (Å²) in [6.45, 7) is 9.51. The normalized spacial score (nSPS) is 18.3. The second kappa shape index (κ2) is 9.21. The van der Waals surface area contributed by atoms with Gasteiger partial charge in [-0.05, 0) is 39.0 Å². The first kappa shape index (κ1) is 19.0. The smallest absolute Gasteiger partial charge is 0.274 e. The summed E-state index contributed by atoms with van der Waals surface area (Å²) in [6, 6.07) is 0. The fourth-order valence-electron chi connectivity index (χ4n) is 3.38. The molecular weight excluding hydrogens is 324 g/mol. The third kappa shape index (κ3) is 4.59. The van der Waals surface area contributed by atoms with Crippen LogP contribution in [-0.2, 0) is 0 Å². The zero-order chi connectivity index (χ0) is 17.5. The SMILES string of the molecule is CCCC1CCCN(C(=O)c2nc(N(CC)CC)ncc2Cl)CC1. The number of hydrogen-bond acceptors (Lipinski definition) is 4. The highest BCUT2D eigenvalue weighted by molar-refractivity contribution is 6.33. The van der Waals surface area contributed by atoms with E-state index < -0.39 is 0 Å². The van der Waals surface area contributed by atoms with E-state index in [-0.39, 0.29) is 5.91 Å². The summed E-state index contributed by atoms with van der Waals surface area (Å²) in [5.74, 6) is 1.25. The number of hydrogen-bond donors (Lipinski definition) is 0. The third-order valence-electron chi connectivity index (χ3n) is 4.81. The van der Waals surface area contributed by atoms with Crippen molar-refractivity contribution in [2.75, 3.05) is 31.1 Å². The van der Waals surface area contributed by atoms with Crippen LogP contribution in [0, 0.1) is 5.92 Å². The topological polar surface area (TPSA) is 49.3 Å². The fraction of sp³-hybridized carbons (Fsp3) is 0.722. The molecule has 5 nitrogen and oxygen atoms in total. The van der Waals surface area contributed by atoms with Gasteiger partial charge in [-0.25, -0.2) is 9.97 Å². The van der Waals surface area contributed by atoms with Crippen molar-refractivity contribution < 1.29 is 4.79 Å². The summed E-state index contributed by atoms with van der Waals surface area (Å²) in [4.78, 5) is 25.6. The lowest BCUT2D eigenvalue weighted by Crippen LogP contribution is -2.33. The van der Waals surface area contributed by atoms with Crippen LogP contribution in [0.2, 0.25) is 5.02 Å². The number of anilines is 1. The number of aromatic nitrogens is 2. The molecule has 6 heteroatoms. The van der Waals surface area contributed by atoms with Crippen molar-refractivity contribution in [1.29, 1.82) is 0 Å². The van der Waals surface area contributed by atoms with Gasteiger partial charge in [-0.15, -0.1) is 0 Å². The molecule has 1 unspecified atom stereocenters. The lowest BCUT2D eigenvalue weighted by atomic mass is 9.96. The molecular formula is C18H29ClN4O. The first-order valence-corrected chi connectivity index (χ1v) is 9.55. The number of carbonyl (C=O) groups is 1. The average Bonchev–Trinajstić information content (AvgIpc) is 2.83. The van der Waals surface area contributed by atoms with Crippen LogP contribution in [0.5, 0.6) is 0 Å². The Morgan fingerprint density at radius 1 is 1.29 bits per heavy atom. The molecule has 0 bridgehead atoms. The van der Waals surface area contributed by atoms with Crippen LogP contribution in [-0.4, -0.2) is 47.0 Å². The van der Waals surface area contributed by atoms with Gasteiger partial charge >= 0.3 is 0 Å². The van der Waals surface area contributed by atoms with Gasteiger partial charge < -0.3 is 9.80 Å². The molecule has 0 spiro atoms. The molecule has 0 aromatic carbocycles. The molecule has 2 heterocycles. The molecule has 1 atom stereocenters. The molecule has 1 aliphatic heterocycles. The molecule has 1 aliphatic rings. The molecule has 1 aromatic heterocycles. The molecule has 0 radical (unpaired) electrons. The number of likely N-dealkylation sites (tertiary alicyclic amines) is 1. The van der Waals surface area contributed by atoms with Crippen LogP contribution in [0.25, 0.3) is 0 Å². The van der Waals surface area contributed by atoms with Crippen LogP contribution in [0.4, 0.5) is 5.95 Å². The van der Waals surface area contributed by atoms with Gasteiger partial charge in [0.15, 0.2) is 5.69 Å². The van der Waals surface area contributed by atoms with E-state index >= 15 is 0 Å². The Kier molecular flexibility index (Phi) is 7.28. The largest absolute Gasteiger partial charge is 0.341 e. The average molecular weight is 353 g/mol. The van der Waals surface area contributed by atoms with E-state index in [4.69, 9.17) is 11.6 Å². The van der Waals surface area contributed by atoms with E-state index in [1.54, 1.807) is 6.20 Å². The Morgan fingerprint density at radius 3 is 2.71 bits per heavy atom. The van der Waals surface area contributed by atoms with Gasteiger partial charge in [0.05, 0.1) is 11.2 Å². The van der Waals surface area contributed by atoms with Crippen LogP contribution in [0.1, 0.15) is 63.4 Å². The zero-order valence-corrected chi connectivity index (χ0v) is 15.8. The Hall–Kier alpha value is -1.36. The molecule has 0 N–H and O–H groups in total. The van der Waals surface area contributed by atoms with Gasteiger partial charge in [0.1, 0.15) is 0 Å². The first-order valence-electron chi connectivity index (χ1n) is 9.17. The zero-order valence-electron chi connectivity index (χ0n) is 15.1. The van der Waals surface area contributed by atoms with Gasteiger partial charge in [-0.2, -0.15) is 0 Å². The van der Waals surface area contributed by atoms with Crippen molar-refractivity contribution in [1.82, 2.24) is 14.9 Å². The minimum Gasteiger partial charge on any atom is -0.341 e. The molecule has 0 saturated carbocycles. The van der Waals surface area contributed by atoms with E-state index in [0.717, 1.165) is 44.9 Å². The number of nitrogens with zero attached hydrogens (tertiary/aromatic N) is 4. The monoisotopic (exact) mass is 352 g/mol. The molecule has 1 saturated heterocycles. The fourth-order valence-corrected chi connectivity index (χ4v) is 3.55. The minimum atomic E-state index is -0.0621. The summed E-state index contributed by atoms with van der Waals surface area (Å²) in [7, 11) is 0. The summed E-state index contributed by atoms with van der Waals surface area (Å²) in [6.07, 6.45) is 7.35. The quantitative estimate of drug-likeness (QED) is 0.775. The second-order valence-electron chi connectivity index (χ2n) is 6.42. The highest BCUT2D eigenvalue weighted by Crippen LogP contribution is 2.24. The van der Waals surface area contributed by atoms with E-state index in [0.29, 0.717) is 16.7 Å². The Balaban J connectivity index is 2.15. The van der Waals surface area contributed by atoms with Crippen molar-refractivity contribution in [2.45, 2.75) is 52.9 Å². The van der Waals surface area contributed by atoms with Crippen LogP contribution in [0.15, 0.2) is 6.20 Å². The maximum Gasteiger partial charge on any atom is 0.274 e. The lowest BCUT2D eigenvalue weighted by molar-refractivity contribution is 0.0754. The summed E-state index contributed by atoms with van der Waals surface area (Å²) >= 11 is 6.23. The molecule has 1 fully saturated rings. The Bertz CT molecular complexity index is 548. The maximum absolute atomic E-state index is 12.9. The van der Waals surface area contributed by atoms with Gasteiger partial charge in [0, 0.05) is 26.2 Å². The molecule has 0 aliphatic carbocycles. The predicted molar refractivity (Wildman–Crippen MR) is 98.8 cm³/mol. The number of amides is 1. The van der Waals surface area contributed by atoms with Gasteiger partial charge in [0.25, 0.3) is 5.91 Å². The highest BCUT2D eigenvalue weighted by Gasteiger charge is 2.25. The molecule has 2 rings (SSSR count). The standard InChI is InChI=1S/C18H29ClN4O/c1-4-8-14-9-7-11-23(12-10-14)17(24)16-15(19)13-20-18(21-16)22(5-2)6-3/h13-14H,4-12H2,1-3H3. The number of halogens is 1. The highest BCUT2D eigenvalue weighted by atomic mass is 35.5.